The largest absolute Gasteiger partial charge is 0.383 e. The quantitative estimate of drug-likeness (QED) is 0.800. The maximum atomic E-state index is 12.7. The van der Waals surface area contributed by atoms with Crippen LogP contribution in [0.1, 0.15) is 43.2 Å². The van der Waals surface area contributed by atoms with Gasteiger partial charge in [-0.3, -0.25) is 4.79 Å². The number of likely N-dealkylation sites (N-methyl/N-ethyl adjacent to an activating group) is 1. The van der Waals surface area contributed by atoms with Crippen LogP contribution < -0.4 is 5.32 Å². The fourth-order valence-electron chi connectivity index (χ4n) is 2.38. The van der Waals surface area contributed by atoms with E-state index in [0.29, 0.717) is 18.7 Å². The number of nitrogens with one attached hydrogen (secondary N) is 1. The topological polar surface area (TPSA) is 54.5 Å². The highest BCUT2D eigenvalue weighted by molar-refractivity contribution is 5.95. The molecule has 1 rings (SSSR count). The van der Waals surface area contributed by atoms with Gasteiger partial charge in [-0.2, -0.15) is 0 Å². The Morgan fingerprint density at radius 3 is 2.67 bits per heavy atom. The standard InChI is InChI=1S/C16H27N3O2/c1-6-8-14-9-13(10-15(17-4)18-14)16(20)19(7-2)12(3)11-21-5/h9-10,12H,6-8,11H2,1-5H3,(H,17,18). The van der Waals surface area contributed by atoms with Gasteiger partial charge < -0.3 is 15.0 Å². The smallest absolute Gasteiger partial charge is 0.254 e. The molecule has 1 aromatic rings. The third-order valence-corrected chi connectivity index (χ3v) is 3.43. The molecule has 5 heteroatoms. The van der Waals surface area contributed by atoms with Crippen LogP contribution in [-0.4, -0.2) is 49.1 Å². The van der Waals surface area contributed by atoms with Gasteiger partial charge >= 0.3 is 0 Å². The van der Waals surface area contributed by atoms with Gasteiger partial charge in [-0.25, -0.2) is 4.98 Å². The lowest BCUT2D eigenvalue weighted by molar-refractivity contribution is 0.0579. The van der Waals surface area contributed by atoms with Crippen molar-refractivity contribution in [2.75, 3.05) is 32.6 Å². The molecule has 5 nitrogen and oxygen atoms in total. The Bertz CT molecular complexity index is 463. The molecule has 0 aliphatic rings. The van der Waals surface area contributed by atoms with Gasteiger partial charge in [0.2, 0.25) is 0 Å². The van der Waals surface area contributed by atoms with E-state index in [1.54, 1.807) is 7.11 Å². The highest BCUT2D eigenvalue weighted by Gasteiger charge is 2.21. The summed E-state index contributed by atoms with van der Waals surface area (Å²) in [6.45, 7) is 7.28. The number of aromatic nitrogens is 1. The van der Waals surface area contributed by atoms with Gasteiger partial charge in [0.25, 0.3) is 5.91 Å². The van der Waals surface area contributed by atoms with Crippen molar-refractivity contribution in [2.45, 2.75) is 39.7 Å². The van der Waals surface area contributed by atoms with Gasteiger partial charge in [0.05, 0.1) is 12.6 Å². The van der Waals surface area contributed by atoms with E-state index >= 15 is 0 Å². The third kappa shape index (κ3) is 4.70. The molecular weight excluding hydrogens is 266 g/mol. The molecule has 0 bridgehead atoms. The fraction of sp³-hybridized carbons (Fsp3) is 0.625. The lowest BCUT2D eigenvalue weighted by Crippen LogP contribution is -2.41. The monoisotopic (exact) mass is 293 g/mol. The maximum absolute atomic E-state index is 12.7. The number of anilines is 1. The van der Waals surface area contributed by atoms with Crippen LogP contribution in [-0.2, 0) is 11.2 Å². The first-order valence-corrected chi connectivity index (χ1v) is 7.55. The van der Waals surface area contributed by atoms with E-state index in [-0.39, 0.29) is 11.9 Å². The Morgan fingerprint density at radius 1 is 1.43 bits per heavy atom. The number of nitrogens with zero attached hydrogens (tertiary/aromatic N) is 2. The van der Waals surface area contributed by atoms with Gasteiger partial charge in [-0.1, -0.05) is 13.3 Å². The highest BCUT2D eigenvalue weighted by atomic mass is 16.5. The number of hydrogen-bond donors (Lipinski definition) is 1. The molecule has 0 saturated heterocycles. The molecule has 21 heavy (non-hydrogen) atoms. The van der Waals surface area contributed by atoms with Crippen LogP contribution in [0.25, 0.3) is 0 Å². The van der Waals surface area contributed by atoms with Gasteiger partial charge in [0, 0.05) is 32.0 Å². The van der Waals surface area contributed by atoms with E-state index in [4.69, 9.17) is 4.74 Å². The minimum absolute atomic E-state index is 0.0262. The SMILES string of the molecule is CCCc1cc(C(=O)N(CC)C(C)COC)cc(NC)n1. The zero-order valence-corrected chi connectivity index (χ0v) is 13.8. The average Bonchev–Trinajstić information content (AvgIpc) is 2.48. The number of methoxy groups -OCH3 is 1. The van der Waals surface area contributed by atoms with E-state index in [1.165, 1.54) is 0 Å². The van der Waals surface area contributed by atoms with Crippen molar-refractivity contribution in [3.63, 3.8) is 0 Å². The predicted octanol–water partition coefficient (Wildman–Crippen LogP) is 2.57. The number of amides is 1. The summed E-state index contributed by atoms with van der Waals surface area (Å²) in [7, 11) is 3.47. The van der Waals surface area contributed by atoms with Crippen molar-refractivity contribution in [2.24, 2.45) is 0 Å². The van der Waals surface area contributed by atoms with Crippen molar-refractivity contribution in [1.82, 2.24) is 9.88 Å². The lowest BCUT2D eigenvalue weighted by atomic mass is 10.1. The summed E-state index contributed by atoms with van der Waals surface area (Å²) >= 11 is 0. The van der Waals surface area contributed by atoms with Crippen molar-refractivity contribution in [1.29, 1.82) is 0 Å². The fourth-order valence-corrected chi connectivity index (χ4v) is 2.38. The van der Waals surface area contributed by atoms with Gasteiger partial charge in [0.15, 0.2) is 0 Å². The van der Waals surface area contributed by atoms with E-state index in [1.807, 2.05) is 37.9 Å². The molecule has 0 saturated carbocycles. The molecule has 1 amide bonds. The summed E-state index contributed by atoms with van der Waals surface area (Å²) in [5, 5.41) is 3.03. The number of aryl methyl sites for hydroxylation is 1. The average molecular weight is 293 g/mol. The second-order valence-electron chi connectivity index (χ2n) is 5.13. The van der Waals surface area contributed by atoms with E-state index < -0.39 is 0 Å². The van der Waals surface area contributed by atoms with Crippen LogP contribution in [0.4, 0.5) is 5.82 Å². The second-order valence-corrected chi connectivity index (χ2v) is 5.13. The number of pyridine rings is 1. The number of hydrogen-bond acceptors (Lipinski definition) is 4. The summed E-state index contributed by atoms with van der Waals surface area (Å²) in [4.78, 5) is 19.0. The lowest BCUT2D eigenvalue weighted by Gasteiger charge is -2.28. The number of carbonyl (C=O) groups excluding carboxylic acids is 1. The van der Waals surface area contributed by atoms with Crippen LogP contribution in [0.5, 0.6) is 0 Å². The molecule has 1 N–H and O–H groups in total. The maximum Gasteiger partial charge on any atom is 0.254 e. The van der Waals surface area contributed by atoms with Crippen molar-refractivity contribution in [3.05, 3.63) is 23.4 Å². The van der Waals surface area contributed by atoms with Crippen LogP contribution >= 0.6 is 0 Å². The second kappa shape index (κ2) is 8.62. The van der Waals surface area contributed by atoms with Crippen molar-refractivity contribution >= 4 is 11.7 Å². The minimum Gasteiger partial charge on any atom is -0.383 e. The van der Waals surface area contributed by atoms with E-state index in [9.17, 15) is 4.79 Å². The number of rotatable bonds is 8. The number of ether oxygens (including phenoxy) is 1. The molecule has 0 spiro atoms. The molecule has 0 aliphatic carbocycles. The Hall–Kier alpha value is -1.62. The molecule has 0 aliphatic heterocycles. The van der Waals surface area contributed by atoms with Crippen LogP contribution in [0.15, 0.2) is 12.1 Å². The molecule has 118 valence electrons. The zero-order valence-electron chi connectivity index (χ0n) is 13.8. The van der Waals surface area contributed by atoms with Crippen molar-refractivity contribution in [3.8, 4) is 0 Å². The summed E-state index contributed by atoms with van der Waals surface area (Å²) in [6.07, 6.45) is 1.88. The van der Waals surface area contributed by atoms with Gasteiger partial charge in [-0.05, 0) is 32.4 Å². The normalized spacial score (nSPS) is 12.0. The third-order valence-electron chi connectivity index (χ3n) is 3.43. The number of carbonyl (C=O) groups is 1. The molecule has 1 atom stereocenters. The summed E-state index contributed by atoms with van der Waals surface area (Å²) in [5.41, 5.74) is 1.63. The van der Waals surface area contributed by atoms with Crippen molar-refractivity contribution < 1.29 is 9.53 Å². The van der Waals surface area contributed by atoms with Crippen LogP contribution in [0, 0.1) is 0 Å². The predicted molar refractivity (Wildman–Crippen MR) is 85.8 cm³/mol. The summed E-state index contributed by atoms with van der Waals surface area (Å²) in [6, 6.07) is 3.76. The van der Waals surface area contributed by atoms with Crippen LogP contribution in [0.3, 0.4) is 0 Å². The first-order chi connectivity index (χ1) is 10.1. The van der Waals surface area contributed by atoms with Gasteiger partial charge in [-0.15, -0.1) is 0 Å². The Morgan fingerprint density at radius 2 is 2.14 bits per heavy atom. The molecule has 0 fully saturated rings. The molecule has 1 unspecified atom stereocenters. The molecule has 1 aromatic heterocycles. The first kappa shape index (κ1) is 17.4. The molecular formula is C16H27N3O2. The molecule has 1 heterocycles. The summed E-state index contributed by atoms with van der Waals surface area (Å²) in [5.74, 6) is 0.762. The molecule has 0 aromatic carbocycles. The highest BCUT2D eigenvalue weighted by Crippen LogP contribution is 2.15. The Labute approximate surface area is 127 Å². The van der Waals surface area contributed by atoms with E-state index in [0.717, 1.165) is 24.4 Å². The first-order valence-electron chi connectivity index (χ1n) is 7.55. The zero-order chi connectivity index (χ0) is 15.8. The summed E-state index contributed by atoms with van der Waals surface area (Å²) < 4.78 is 5.16. The van der Waals surface area contributed by atoms with E-state index in [2.05, 4.69) is 17.2 Å². The molecule has 0 radical (unpaired) electrons. The Balaban J connectivity index is 3.06. The minimum atomic E-state index is 0.0262. The Kier molecular flexibility index (Phi) is 7.15. The van der Waals surface area contributed by atoms with Gasteiger partial charge in [0.1, 0.15) is 5.82 Å². The van der Waals surface area contributed by atoms with Crippen LogP contribution in [0.2, 0.25) is 0 Å².